The Kier molecular flexibility index (Phi) is 7.60. The van der Waals surface area contributed by atoms with Crippen molar-refractivity contribution in [2.75, 3.05) is 13.9 Å². The van der Waals surface area contributed by atoms with E-state index in [4.69, 9.17) is 9.47 Å². The fourth-order valence-electron chi connectivity index (χ4n) is 4.47. The van der Waals surface area contributed by atoms with Crippen LogP contribution in [0.25, 0.3) is 10.9 Å². The van der Waals surface area contributed by atoms with Crippen molar-refractivity contribution in [3.05, 3.63) is 101 Å². The molecule has 6 heteroatoms. The van der Waals surface area contributed by atoms with Crippen molar-refractivity contribution >= 4 is 10.9 Å². The van der Waals surface area contributed by atoms with Crippen LogP contribution in [0.1, 0.15) is 43.6 Å². The summed E-state index contributed by atoms with van der Waals surface area (Å²) in [7, 11) is 1.59. The summed E-state index contributed by atoms with van der Waals surface area (Å²) in [6.07, 6.45) is 0. The zero-order valence-electron chi connectivity index (χ0n) is 19.8. The van der Waals surface area contributed by atoms with Gasteiger partial charge in [-0.05, 0) is 52.9 Å². The van der Waals surface area contributed by atoms with Crippen LogP contribution >= 0.6 is 0 Å². The van der Waals surface area contributed by atoms with E-state index in [0.717, 1.165) is 34.8 Å². The topological polar surface area (TPSA) is 35.4 Å². The fourth-order valence-corrected chi connectivity index (χ4v) is 4.47. The first-order valence-electron chi connectivity index (χ1n) is 11.4. The van der Waals surface area contributed by atoms with Gasteiger partial charge in [0, 0.05) is 50.8 Å². The standard InChI is InChI=1S/C28H30F2N2O2.H2/c1-19(2)28-26(16-31-15-21-11-22(29)13-23(30)12-21)25-14-24(34-18-33-3)9-10-27(25)32(28)17-20-7-5-4-6-8-20;/h4-14,19,31H,15-18H2,1-3H3;1H. The summed E-state index contributed by atoms with van der Waals surface area (Å²) in [5, 5.41) is 4.48. The number of fused-ring (bicyclic) bond motifs is 1. The molecular weight excluding hydrogens is 434 g/mol. The van der Waals surface area contributed by atoms with Gasteiger partial charge in [-0.2, -0.15) is 0 Å². The maximum absolute atomic E-state index is 13.6. The third-order valence-electron chi connectivity index (χ3n) is 5.81. The first kappa shape index (κ1) is 23.9. The highest BCUT2D eigenvalue weighted by molar-refractivity contribution is 5.87. The molecule has 0 aliphatic heterocycles. The lowest BCUT2D eigenvalue weighted by atomic mass is 10.0. The largest absolute Gasteiger partial charge is 0.468 e. The Balaban J connectivity index is 0.00000342. The van der Waals surface area contributed by atoms with Gasteiger partial charge in [-0.3, -0.25) is 0 Å². The number of hydrogen-bond acceptors (Lipinski definition) is 3. The number of aromatic nitrogens is 1. The quantitative estimate of drug-likeness (QED) is 0.267. The van der Waals surface area contributed by atoms with Gasteiger partial charge in [0.1, 0.15) is 17.4 Å². The minimum absolute atomic E-state index is 0. The predicted molar refractivity (Wildman–Crippen MR) is 133 cm³/mol. The third kappa shape index (κ3) is 5.46. The van der Waals surface area contributed by atoms with Gasteiger partial charge in [0.25, 0.3) is 0 Å². The average Bonchev–Trinajstić information content (AvgIpc) is 3.10. The second kappa shape index (κ2) is 10.8. The molecule has 34 heavy (non-hydrogen) atoms. The molecule has 0 atom stereocenters. The summed E-state index contributed by atoms with van der Waals surface area (Å²) in [5.74, 6) is -0.143. The van der Waals surface area contributed by atoms with Crippen LogP contribution in [0.4, 0.5) is 8.78 Å². The molecule has 4 rings (SSSR count). The Morgan fingerprint density at radius 3 is 2.32 bits per heavy atom. The molecule has 0 bridgehead atoms. The molecule has 0 aliphatic rings. The van der Waals surface area contributed by atoms with Gasteiger partial charge in [-0.15, -0.1) is 0 Å². The summed E-state index contributed by atoms with van der Waals surface area (Å²) < 4.78 is 40.4. The summed E-state index contributed by atoms with van der Waals surface area (Å²) in [6, 6.07) is 20.1. The zero-order chi connectivity index (χ0) is 24.1. The van der Waals surface area contributed by atoms with E-state index in [9.17, 15) is 8.78 Å². The average molecular weight is 467 g/mol. The third-order valence-corrected chi connectivity index (χ3v) is 5.81. The molecule has 1 heterocycles. The fraction of sp³-hybridized carbons (Fsp3) is 0.286. The molecule has 0 fully saturated rings. The lowest BCUT2D eigenvalue weighted by Gasteiger charge is -2.16. The molecule has 0 spiro atoms. The van der Waals surface area contributed by atoms with E-state index in [2.05, 4.69) is 41.9 Å². The minimum atomic E-state index is -0.570. The monoisotopic (exact) mass is 466 g/mol. The van der Waals surface area contributed by atoms with Crippen LogP contribution in [0.5, 0.6) is 5.75 Å². The number of benzene rings is 3. The van der Waals surface area contributed by atoms with Crippen molar-refractivity contribution in [1.82, 2.24) is 9.88 Å². The van der Waals surface area contributed by atoms with Crippen molar-refractivity contribution in [2.24, 2.45) is 0 Å². The summed E-state index contributed by atoms with van der Waals surface area (Å²) in [6.45, 7) is 6.20. The van der Waals surface area contributed by atoms with Crippen LogP contribution in [-0.4, -0.2) is 18.5 Å². The smallest absolute Gasteiger partial charge is 0.188 e. The normalized spacial score (nSPS) is 11.5. The first-order valence-corrected chi connectivity index (χ1v) is 11.4. The van der Waals surface area contributed by atoms with Crippen molar-refractivity contribution in [1.29, 1.82) is 0 Å². The molecule has 4 nitrogen and oxygen atoms in total. The maximum atomic E-state index is 13.6. The van der Waals surface area contributed by atoms with E-state index in [1.54, 1.807) is 7.11 Å². The molecule has 1 N–H and O–H groups in total. The summed E-state index contributed by atoms with van der Waals surface area (Å²) in [4.78, 5) is 0. The molecule has 0 saturated heterocycles. The molecule has 1 aromatic heterocycles. The van der Waals surface area contributed by atoms with E-state index in [1.165, 1.54) is 23.4 Å². The predicted octanol–water partition coefficient (Wildman–Crippen LogP) is 6.61. The lowest BCUT2D eigenvalue weighted by molar-refractivity contribution is 0.0512. The Morgan fingerprint density at radius 2 is 1.65 bits per heavy atom. The number of nitrogens with one attached hydrogen (secondary N) is 1. The lowest BCUT2D eigenvalue weighted by Crippen LogP contribution is -2.15. The highest BCUT2D eigenvalue weighted by Crippen LogP contribution is 2.34. The van der Waals surface area contributed by atoms with Crippen LogP contribution in [0, 0.1) is 11.6 Å². The minimum Gasteiger partial charge on any atom is -0.468 e. The summed E-state index contributed by atoms with van der Waals surface area (Å²) in [5.41, 5.74) is 5.28. The van der Waals surface area contributed by atoms with Gasteiger partial charge >= 0.3 is 0 Å². The Morgan fingerprint density at radius 1 is 0.912 bits per heavy atom. The van der Waals surface area contributed by atoms with Gasteiger partial charge < -0.3 is 19.4 Å². The number of ether oxygens (including phenoxy) is 2. The van der Waals surface area contributed by atoms with Crippen LogP contribution < -0.4 is 10.1 Å². The number of hydrogen-bond donors (Lipinski definition) is 1. The Bertz CT molecular complexity index is 1240. The molecule has 4 aromatic rings. The second-order valence-electron chi connectivity index (χ2n) is 8.70. The van der Waals surface area contributed by atoms with Crippen LogP contribution in [0.15, 0.2) is 66.7 Å². The van der Waals surface area contributed by atoms with Crippen molar-refractivity contribution in [2.45, 2.75) is 39.4 Å². The van der Waals surface area contributed by atoms with Crippen LogP contribution in [0.2, 0.25) is 0 Å². The van der Waals surface area contributed by atoms with Gasteiger partial charge in [0.15, 0.2) is 6.79 Å². The van der Waals surface area contributed by atoms with Crippen molar-refractivity contribution in [3.8, 4) is 5.75 Å². The number of nitrogens with zero attached hydrogens (tertiary/aromatic N) is 1. The van der Waals surface area contributed by atoms with E-state index >= 15 is 0 Å². The SMILES string of the molecule is COCOc1ccc2c(c1)c(CNCc1cc(F)cc(F)c1)c(C(C)C)n2Cc1ccccc1.[HH]. The van der Waals surface area contributed by atoms with Crippen molar-refractivity contribution < 1.29 is 19.7 Å². The zero-order valence-corrected chi connectivity index (χ0v) is 19.8. The van der Waals surface area contributed by atoms with E-state index in [0.29, 0.717) is 18.7 Å². The van der Waals surface area contributed by atoms with Crippen LogP contribution in [0.3, 0.4) is 0 Å². The van der Waals surface area contributed by atoms with E-state index in [1.807, 2.05) is 30.3 Å². The van der Waals surface area contributed by atoms with Gasteiger partial charge in [0.05, 0.1) is 0 Å². The molecular formula is C28H32F2N2O2. The molecule has 180 valence electrons. The van der Waals surface area contributed by atoms with Gasteiger partial charge in [0.2, 0.25) is 0 Å². The van der Waals surface area contributed by atoms with E-state index < -0.39 is 11.6 Å². The number of halogens is 2. The summed E-state index contributed by atoms with van der Waals surface area (Å²) >= 11 is 0. The molecule has 0 aliphatic carbocycles. The highest BCUT2D eigenvalue weighted by Gasteiger charge is 2.20. The van der Waals surface area contributed by atoms with Gasteiger partial charge in [-0.25, -0.2) is 8.78 Å². The Labute approximate surface area is 200 Å². The molecule has 0 unspecified atom stereocenters. The number of methoxy groups -OCH3 is 1. The maximum Gasteiger partial charge on any atom is 0.188 e. The molecule has 0 saturated carbocycles. The second-order valence-corrected chi connectivity index (χ2v) is 8.70. The van der Waals surface area contributed by atoms with E-state index in [-0.39, 0.29) is 14.1 Å². The Hall–Kier alpha value is -3.22. The van der Waals surface area contributed by atoms with Crippen LogP contribution in [-0.2, 0) is 24.4 Å². The van der Waals surface area contributed by atoms with Gasteiger partial charge in [-0.1, -0.05) is 44.2 Å². The molecule has 3 aromatic carbocycles. The molecule has 0 radical (unpaired) electrons. The number of rotatable bonds is 10. The highest BCUT2D eigenvalue weighted by atomic mass is 19.1. The first-order chi connectivity index (χ1) is 16.5. The van der Waals surface area contributed by atoms with Crippen molar-refractivity contribution in [3.63, 3.8) is 0 Å². The molecule has 0 amide bonds.